The molecule has 0 aliphatic rings. The first-order chi connectivity index (χ1) is 5.15. The van der Waals surface area contributed by atoms with Crippen LogP contribution in [0, 0.1) is 17.0 Å². The number of aldehydes is 1. The minimum absolute atomic E-state index is 0.0490. The van der Waals surface area contributed by atoms with E-state index in [0.717, 1.165) is 0 Å². The van der Waals surface area contributed by atoms with Crippen molar-refractivity contribution in [3.63, 3.8) is 0 Å². The van der Waals surface area contributed by atoms with Gasteiger partial charge in [0.25, 0.3) is 5.69 Å². The van der Waals surface area contributed by atoms with E-state index < -0.39 is 4.92 Å². The smallest absolute Gasteiger partial charge is 0.290 e. The third-order valence-electron chi connectivity index (χ3n) is 1.33. The number of hydrogen-bond donors (Lipinski definition) is 1. The van der Waals surface area contributed by atoms with Crippen molar-refractivity contribution in [1.29, 1.82) is 0 Å². The Bertz CT molecular complexity index is 303. The second-order valence-electron chi connectivity index (χ2n) is 2.11. The lowest BCUT2D eigenvalue weighted by Crippen LogP contribution is -1.86. The summed E-state index contributed by atoms with van der Waals surface area (Å²) in [4.78, 5) is 22.4. The Morgan fingerprint density at radius 3 is 2.64 bits per heavy atom. The van der Waals surface area contributed by atoms with E-state index in [4.69, 9.17) is 0 Å². The van der Waals surface area contributed by atoms with Crippen molar-refractivity contribution in [1.82, 2.24) is 4.98 Å². The predicted octanol–water partition coefficient (Wildman–Crippen LogP) is 1.04. The van der Waals surface area contributed by atoms with Gasteiger partial charge in [-0.2, -0.15) is 0 Å². The number of carbonyl (C=O) groups is 1. The summed E-state index contributed by atoms with van der Waals surface area (Å²) in [5.74, 6) is 0. The van der Waals surface area contributed by atoms with Gasteiger partial charge < -0.3 is 4.98 Å². The summed E-state index contributed by atoms with van der Waals surface area (Å²) in [6.07, 6.45) is 0.542. The Morgan fingerprint density at radius 1 is 1.73 bits per heavy atom. The Hall–Kier alpha value is -1.65. The highest BCUT2D eigenvalue weighted by Crippen LogP contribution is 2.16. The molecule has 0 aliphatic heterocycles. The van der Waals surface area contributed by atoms with E-state index in [1.807, 2.05) is 0 Å². The molecule has 5 heteroatoms. The van der Waals surface area contributed by atoms with E-state index in [-0.39, 0.29) is 11.4 Å². The average Bonchev–Trinajstić information content (AvgIpc) is 2.30. The molecular weight excluding hydrogens is 148 g/mol. The summed E-state index contributed by atoms with van der Waals surface area (Å²) in [6.45, 7) is 1.55. The van der Waals surface area contributed by atoms with Crippen LogP contribution >= 0.6 is 0 Å². The molecule has 1 aromatic heterocycles. The van der Waals surface area contributed by atoms with Gasteiger partial charge in [-0.1, -0.05) is 0 Å². The molecule has 0 saturated heterocycles. The molecule has 1 rings (SSSR count). The van der Waals surface area contributed by atoms with Crippen LogP contribution in [0.3, 0.4) is 0 Å². The van der Waals surface area contributed by atoms with Gasteiger partial charge in [-0.15, -0.1) is 0 Å². The van der Waals surface area contributed by atoms with Gasteiger partial charge in [-0.05, 0) is 6.92 Å². The van der Waals surface area contributed by atoms with Gasteiger partial charge in [0, 0.05) is 6.07 Å². The number of H-pyrrole nitrogens is 1. The zero-order chi connectivity index (χ0) is 8.43. The number of aryl methyl sites for hydroxylation is 1. The molecule has 0 spiro atoms. The van der Waals surface area contributed by atoms with E-state index in [1.165, 1.54) is 6.07 Å². The Morgan fingerprint density at radius 2 is 2.36 bits per heavy atom. The van der Waals surface area contributed by atoms with Crippen molar-refractivity contribution in [2.24, 2.45) is 0 Å². The van der Waals surface area contributed by atoms with E-state index in [2.05, 4.69) is 4.98 Å². The van der Waals surface area contributed by atoms with Crippen molar-refractivity contribution in [3.8, 4) is 0 Å². The molecule has 0 unspecified atom stereocenters. The zero-order valence-electron chi connectivity index (χ0n) is 5.83. The van der Waals surface area contributed by atoms with Gasteiger partial charge in [0.2, 0.25) is 0 Å². The lowest BCUT2D eigenvalue weighted by atomic mass is 10.4. The quantitative estimate of drug-likeness (QED) is 0.393. The summed E-state index contributed by atoms with van der Waals surface area (Å²) in [5.41, 5.74) is 0.582. The monoisotopic (exact) mass is 154 g/mol. The Balaban J connectivity index is 3.16. The maximum Gasteiger partial charge on any atom is 0.290 e. The van der Waals surface area contributed by atoms with Crippen LogP contribution in [-0.2, 0) is 0 Å². The molecule has 0 aliphatic carbocycles. The second kappa shape index (κ2) is 2.53. The third kappa shape index (κ3) is 1.26. The number of aromatic amines is 1. The SMILES string of the molecule is Cc1[nH]c(C=O)cc1[N+](=O)[O-]. The maximum absolute atomic E-state index is 10.2. The largest absolute Gasteiger partial charge is 0.351 e. The number of nitro groups is 1. The van der Waals surface area contributed by atoms with Crippen LogP contribution in [0.5, 0.6) is 0 Å². The summed E-state index contributed by atoms with van der Waals surface area (Å²) in [5, 5.41) is 10.2. The summed E-state index contributed by atoms with van der Waals surface area (Å²) in [7, 11) is 0. The van der Waals surface area contributed by atoms with Crippen LogP contribution in [0.4, 0.5) is 5.69 Å². The van der Waals surface area contributed by atoms with Gasteiger partial charge in [-0.3, -0.25) is 14.9 Å². The number of carbonyl (C=O) groups excluding carboxylic acids is 1. The zero-order valence-corrected chi connectivity index (χ0v) is 5.83. The Kier molecular flexibility index (Phi) is 1.72. The minimum atomic E-state index is -0.529. The van der Waals surface area contributed by atoms with Gasteiger partial charge in [0.15, 0.2) is 6.29 Å². The van der Waals surface area contributed by atoms with Crippen molar-refractivity contribution >= 4 is 12.0 Å². The van der Waals surface area contributed by atoms with Gasteiger partial charge >= 0.3 is 0 Å². The van der Waals surface area contributed by atoms with E-state index in [1.54, 1.807) is 6.92 Å². The molecule has 11 heavy (non-hydrogen) atoms. The molecule has 1 aromatic rings. The summed E-state index contributed by atoms with van der Waals surface area (Å²) < 4.78 is 0. The van der Waals surface area contributed by atoms with Gasteiger partial charge in [-0.25, -0.2) is 0 Å². The molecule has 0 radical (unpaired) electrons. The topological polar surface area (TPSA) is 76.0 Å². The predicted molar refractivity (Wildman–Crippen MR) is 37.6 cm³/mol. The van der Waals surface area contributed by atoms with Crippen molar-refractivity contribution in [2.75, 3.05) is 0 Å². The van der Waals surface area contributed by atoms with Gasteiger partial charge in [0.05, 0.1) is 16.3 Å². The van der Waals surface area contributed by atoms with E-state index >= 15 is 0 Å². The minimum Gasteiger partial charge on any atom is -0.351 e. The first-order valence-electron chi connectivity index (χ1n) is 2.94. The molecule has 0 bridgehead atoms. The molecule has 1 N–H and O–H groups in total. The number of rotatable bonds is 2. The second-order valence-corrected chi connectivity index (χ2v) is 2.11. The standard InChI is InChI=1S/C6H6N2O3/c1-4-6(8(10)11)2-5(3-9)7-4/h2-3,7H,1H3. The van der Waals surface area contributed by atoms with Crippen LogP contribution < -0.4 is 0 Å². The molecular formula is C6H6N2O3. The highest BCUT2D eigenvalue weighted by molar-refractivity contribution is 5.74. The molecule has 0 aromatic carbocycles. The molecule has 5 nitrogen and oxygen atoms in total. The fourth-order valence-electron chi connectivity index (χ4n) is 0.825. The molecule has 58 valence electrons. The molecule has 0 atom stereocenters. The first kappa shape index (κ1) is 7.46. The molecule has 1 heterocycles. The summed E-state index contributed by atoms with van der Waals surface area (Å²) >= 11 is 0. The highest BCUT2D eigenvalue weighted by Gasteiger charge is 2.13. The number of hydrogen-bond acceptors (Lipinski definition) is 3. The average molecular weight is 154 g/mol. The van der Waals surface area contributed by atoms with Crippen LogP contribution in [0.2, 0.25) is 0 Å². The maximum atomic E-state index is 10.2. The normalized spacial score (nSPS) is 9.55. The lowest BCUT2D eigenvalue weighted by molar-refractivity contribution is -0.385. The molecule has 0 saturated carbocycles. The lowest BCUT2D eigenvalue weighted by Gasteiger charge is -1.84. The third-order valence-corrected chi connectivity index (χ3v) is 1.33. The van der Waals surface area contributed by atoms with Crippen molar-refractivity contribution < 1.29 is 9.72 Å². The molecule has 0 amide bonds. The molecule has 0 fully saturated rings. The van der Waals surface area contributed by atoms with E-state index in [9.17, 15) is 14.9 Å². The highest BCUT2D eigenvalue weighted by atomic mass is 16.6. The fourth-order valence-corrected chi connectivity index (χ4v) is 0.825. The van der Waals surface area contributed by atoms with Crippen LogP contribution in [-0.4, -0.2) is 16.2 Å². The van der Waals surface area contributed by atoms with E-state index in [0.29, 0.717) is 12.0 Å². The van der Waals surface area contributed by atoms with Gasteiger partial charge in [0.1, 0.15) is 0 Å². The van der Waals surface area contributed by atoms with Crippen LogP contribution in [0.15, 0.2) is 6.07 Å². The number of aromatic nitrogens is 1. The first-order valence-corrected chi connectivity index (χ1v) is 2.94. The van der Waals surface area contributed by atoms with Crippen molar-refractivity contribution in [2.45, 2.75) is 6.92 Å². The Labute approximate surface area is 62.2 Å². The number of nitrogens with zero attached hydrogens (tertiary/aromatic N) is 1. The van der Waals surface area contributed by atoms with Crippen LogP contribution in [0.25, 0.3) is 0 Å². The number of nitrogens with one attached hydrogen (secondary N) is 1. The van der Waals surface area contributed by atoms with Crippen molar-refractivity contribution in [3.05, 3.63) is 27.6 Å². The summed E-state index contributed by atoms with van der Waals surface area (Å²) in [6, 6.07) is 1.21. The van der Waals surface area contributed by atoms with Crippen LogP contribution in [0.1, 0.15) is 16.2 Å². The fraction of sp³-hybridized carbons (Fsp3) is 0.167.